The van der Waals surface area contributed by atoms with Gasteiger partial charge in [-0.2, -0.15) is 0 Å². The SMILES string of the molecule is Cc1ccc(N(CC(=O)Nc2c(F)cccc2F)S(=O)(=O)c2ccc(Cl)cc2)cc1C. The number of sulfonamides is 1. The van der Waals surface area contributed by atoms with Crippen molar-refractivity contribution in [3.05, 3.63) is 88.4 Å². The summed E-state index contributed by atoms with van der Waals surface area (Å²) in [7, 11) is -4.18. The van der Waals surface area contributed by atoms with Crippen LogP contribution < -0.4 is 9.62 Å². The van der Waals surface area contributed by atoms with Crippen molar-refractivity contribution in [3.8, 4) is 0 Å². The highest BCUT2D eigenvalue weighted by atomic mass is 35.5. The molecule has 1 N–H and O–H groups in total. The quantitative estimate of drug-likeness (QED) is 0.554. The largest absolute Gasteiger partial charge is 0.320 e. The predicted octanol–water partition coefficient (Wildman–Crippen LogP) is 5.07. The van der Waals surface area contributed by atoms with E-state index >= 15 is 0 Å². The van der Waals surface area contributed by atoms with E-state index in [1.54, 1.807) is 25.1 Å². The van der Waals surface area contributed by atoms with Crippen LogP contribution in [0.25, 0.3) is 0 Å². The third-order valence-corrected chi connectivity index (χ3v) is 6.73. The molecule has 3 rings (SSSR count). The number of anilines is 2. The van der Waals surface area contributed by atoms with Crippen LogP contribution in [0.1, 0.15) is 11.1 Å². The molecule has 31 heavy (non-hydrogen) atoms. The second-order valence-electron chi connectivity index (χ2n) is 6.88. The monoisotopic (exact) mass is 464 g/mol. The Bertz CT molecular complexity index is 1210. The molecule has 0 radical (unpaired) electrons. The van der Waals surface area contributed by atoms with Gasteiger partial charge in [0.1, 0.15) is 23.9 Å². The molecule has 0 unspecified atom stereocenters. The first-order valence-corrected chi connectivity index (χ1v) is 11.0. The summed E-state index contributed by atoms with van der Waals surface area (Å²) in [6.07, 6.45) is 0. The molecule has 0 aromatic heterocycles. The summed E-state index contributed by atoms with van der Waals surface area (Å²) in [6, 6.07) is 13.5. The van der Waals surface area contributed by atoms with E-state index in [0.29, 0.717) is 5.02 Å². The van der Waals surface area contributed by atoms with Crippen molar-refractivity contribution >= 4 is 38.9 Å². The van der Waals surface area contributed by atoms with Gasteiger partial charge in [0, 0.05) is 5.02 Å². The van der Waals surface area contributed by atoms with E-state index in [2.05, 4.69) is 5.32 Å². The van der Waals surface area contributed by atoms with Crippen molar-refractivity contribution in [2.75, 3.05) is 16.2 Å². The summed E-state index contributed by atoms with van der Waals surface area (Å²) in [6.45, 7) is 2.98. The normalized spacial score (nSPS) is 11.3. The van der Waals surface area contributed by atoms with Gasteiger partial charge in [-0.1, -0.05) is 23.7 Å². The lowest BCUT2D eigenvalue weighted by Gasteiger charge is -2.25. The Morgan fingerprint density at radius 2 is 1.58 bits per heavy atom. The Morgan fingerprint density at radius 1 is 0.968 bits per heavy atom. The van der Waals surface area contributed by atoms with Crippen molar-refractivity contribution in [2.24, 2.45) is 0 Å². The molecular formula is C22H19ClF2N2O3S. The molecule has 0 atom stereocenters. The minimum absolute atomic E-state index is 0.0833. The van der Waals surface area contributed by atoms with Gasteiger partial charge in [0.25, 0.3) is 10.0 Å². The average molecular weight is 465 g/mol. The van der Waals surface area contributed by atoms with Gasteiger partial charge in [-0.25, -0.2) is 17.2 Å². The van der Waals surface area contributed by atoms with Crippen LogP contribution in [0.4, 0.5) is 20.2 Å². The molecule has 5 nitrogen and oxygen atoms in total. The average Bonchev–Trinajstić information content (AvgIpc) is 2.71. The van der Waals surface area contributed by atoms with Gasteiger partial charge in [-0.3, -0.25) is 9.10 Å². The van der Waals surface area contributed by atoms with Crippen LogP contribution in [0.2, 0.25) is 5.02 Å². The number of carbonyl (C=O) groups excluding carboxylic acids is 1. The lowest BCUT2D eigenvalue weighted by molar-refractivity contribution is -0.114. The van der Waals surface area contributed by atoms with Gasteiger partial charge in [-0.15, -0.1) is 0 Å². The van der Waals surface area contributed by atoms with Crippen LogP contribution >= 0.6 is 11.6 Å². The second-order valence-corrected chi connectivity index (χ2v) is 9.18. The molecule has 0 saturated carbocycles. The van der Waals surface area contributed by atoms with Crippen LogP contribution in [0, 0.1) is 25.5 Å². The molecule has 162 valence electrons. The Morgan fingerprint density at radius 3 is 2.16 bits per heavy atom. The summed E-state index contributed by atoms with van der Waals surface area (Å²) in [5.41, 5.74) is 1.35. The zero-order valence-electron chi connectivity index (χ0n) is 16.7. The van der Waals surface area contributed by atoms with Crippen molar-refractivity contribution in [1.82, 2.24) is 0 Å². The first-order valence-electron chi connectivity index (χ1n) is 9.19. The number of halogens is 3. The molecular weight excluding hydrogens is 446 g/mol. The highest BCUT2D eigenvalue weighted by molar-refractivity contribution is 7.92. The fraction of sp³-hybridized carbons (Fsp3) is 0.136. The standard InChI is InChI=1S/C22H19ClF2N2O3S/c1-14-6-9-17(12-15(14)2)27(31(29,30)18-10-7-16(23)8-11-18)13-21(28)26-22-19(24)4-3-5-20(22)25/h3-12H,13H2,1-2H3,(H,26,28). The van der Waals surface area contributed by atoms with Crippen LogP contribution in [0.3, 0.4) is 0 Å². The van der Waals surface area contributed by atoms with E-state index in [1.807, 2.05) is 6.92 Å². The molecule has 3 aromatic rings. The third kappa shape index (κ3) is 5.03. The lowest BCUT2D eigenvalue weighted by Crippen LogP contribution is -2.38. The molecule has 0 saturated heterocycles. The summed E-state index contributed by atoms with van der Waals surface area (Å²) < 4.78 is 55.3. The molecule has 0 bridgehead atoms. The van der Waals surface area contributed by atoms with Crippen molar-refractivity contribution in [3.63, 3.8) is 0 Å². The van der Waals surface area contributed by atoms with E-state index in [1.165, 1.54) is 24.3 Å². The van der Waals surface area contributed by atoms with Crippen molar-refractivity contribution < 1.29 is 22.0 Å². The van der Waals surface area contributed by atoms with E-state index in [9.17, 15) is 22.0 Å². The number of aryl methyl sites for hydroxylation is 2. The minimum Gasteiger partial charge on any atom is -0.320 e. The van der Waals surface area contributed by atoms with Crippen LogP contribution in [0.15, 0.2) is 65.6 Å². The lowest BCUT2D eigenvalue weighted by atomic mass is 10.1. The first kappa shape index (κ1) is 22.7. The van der Waals surface area contributed by atoms with Gasteiger partial charge < -0.3 is 5.32 Å². The molecule has 0 aliphatic carbocycles. The van der Waals surface area contributed by atoms with E-state index < -0.39 is 39.8 Å². The maximum absolute atomic E-state index is 13.9. The van der Waals surface area contributed by atoms with Crippen molar-refractivity contribution in [2.45, 2.75) is 18.7 Å². The molecule has 0 aliphatic rings. The zero-order chi connectivity index (χ0) is 22.8. The Balaban J connectivity index is 2.00. The highest BCUT2D eigenvalue weighted by Crippen LogP contribution is 2.27. The number of carbonyl (C=O) groups is 1. The summed E-state index contributed by atoms with van der Waals surface area (Å²) >= 11 is 5.86. The second kappa shape index (κ2) is 9.03. The number of hydrogen-bond donors (Lipinski definition) is 1. The molecule has 1 amide bonds. The number of amides is 1. The summed E-state index contributed by atoms with van der Waals surface area (Å²) in [4.78, 5) is 12.5. The number of benzene rings is 3. The summed E-state index contributed by atoms with van der Waals surface area (Å²) in [5.74, 6) is -2.84. The molecule has 0 spiro atoms. The van der Waals surface area contributed by atoms with Crippen LogP contribution in [0.5, 0.6) is 0 Å². The predicted molar refractivity (Wildman–Crippen MR) is 117 cm³/mol. The smallest absolute Gasteiger partial charge is 0.264 e. The van der Waals surface area contributed by atoms with Gasteiger partial charge in [0.05, 0.1) is 10.6 Å². The minimum atomic E-state index is -4.18. The van der Waals surface area contributed by atoms with Gasteiger partial charge in [0.2, 0.25) is 5.91 Å². The molecule has 3 aromatic carbocycles. The molecule has 0 fully saturated rings. The fourth-order valence-electron chi connectivity index (χ4n) is 2.86. The highest BCUT2D eigenvalue weighted by Gasteiger charge is 2.28. The Labute approximate surface area is 184 Å². The molecule has 9 heteroatoms. The zero-order valence-corrected chi connectivity index (χ0v) is 18.3. The van der Waals surface area contributed by atoms with Crippen molar-refractivity contribution in [1.29, 1.82) is 0 Å². The van der Waals surface area contributed by atoms with Crippen LogP contribution in [-0.4, -0.2) is 20.9 Å². The topological polar surface area (TPSA) is 66.5 Å². The number of rotatable bonds is 6. The van der Waals surface area contributed by atoms with E-state index in [-0.39, 0.29) is 10.6 Å². The van der Waals surface area contributed by atoms with E-state index in [0.717, 1.165) is 33.6 Å². The maximum atomic E-state index is 13.9. The van der Waals surface area contributed by atoms with Gasteiger partial charge in [-0.05, 0) is 73.5 Å². The fourth-order valence-corrected chi connectivity index (χ4v) is 4.39. The van der Waals surface area contributed by atoms with Gasteiger partial charge >= 0.3 is 0 Å². The Kier molecular flexibility index (Phi) is 6.62. The number of nitrogens with zero attached hydrogens (tertiary/aromatic N) is 1. The maximum Gasteiger partial charge on any atom is 0.264 e. The molecule has 0 aliphatic heterocycles. The van der Waals surface area contributed by atoms with Crippen LogP contribution in [-0.2, 0) is 14.8 Å². The Hall–Kier alpha value is -2.97. The number of para-hydroxylation sites is 1. The molecule has 0 heterocycles. The number of nitrogens with one attached hydrogen (secondary N) is 1. The summed E-state index contributed by atoms with van der Waals surface area (Å²) in [5, 5.41) is 2.47. The van der Waals surface area contributed by atoms with Gasteiger partial charge in [0.15, 0.2) is 0 Å². The van der Waals surface area contributed by atoms with E-state index in [4.69, 9.17) is 11.6 Å². The number of hydrogen-bond acceptors (Lipinski definition) is 3. The first-order chi connectivity index (χ1) is 14.6. The third-order valence-electron chi connectivity index (χ3n) is 4.69.